The predicted molar refractivity (Wildman–Crippen MR) is 146 cm³/mol. The Kier molecular flexibility index (Phi) is 10.2. The number of carbonyl (C=O) groups excluding carboxylic acids is 2. The van der Waals surface area contributed by atoms with Gasteiger partial charge in [0.1, 0.15) is 24.2 Å². The molecule has 7 nitrogen and oxygen atoms in total. The summed E-state index contributed by atoms with van der Waals surface area (Å²) in [5.74, 6) is -2.03. The van der Waals surface area contributed by atoms with Crippen LogP contribution in [-0.2, 0) is 26.2 Å². The van der Waals surface area contributed by atoms with Crippen LogP contribution in [0.25, 0.3) is 0 Å². The SMILES string of the molecule is CC[C@H](C)NC(=O)[C@H](CC)N(Cc1ccc(F)cc1)C(=O)CN(c1ccc(F)cc1)S(=O)(=O)c1ccccc1. The van der Waals surface area contributed by atoms with E-state index in [4.69, 9.17) is 0 Å². The molecule has 2 amide bonds. The summed E-state index contributed by atoms with van der Waals surface area (Å²) in [6, 6.07) is 16.8. The summed E-state index contributed by atoms with van der Waals surface area (Å²) in [6.07, 6.45) is 0.943. The van der Waals surface area contributed by atoms with Gasteiger partial charge in [-0.1, -0.05) is 44.2 Å². The zero-order valence-electron chi connectivity index (χ0n) is 22.2. The Morgan fingerprint density at radius 3 is 1.95 bits per heavy atom. The van der Waals surface area contributed by atoms with Crippen molar-refractivity contribution in [2.75, 3.05) is 10.8 Å². The highest BCUT2D eigenvalue weighted by Gasteiger charge is 2.34. The summed E-state index contributed by atoms with van der Waals surface area (Å²) >= 11 is 0. The van der Waals surface area contributed by atoms with E-state index in [1.54, 1.807) is 25.1 Å². The monoisotopic (exact) mass is 557 g/mol. The van der Waals surface area contributed by atoms with Gasteiger partial charge >= 0.3 is 0 Å². The van der Waals surface area contributed by atoms with E-state index in [9.17, 15) is 26.8 Å². The van der Waals surface area contributed by atoms with Crippen LogP contribution in [0.5, 0.6) is 0 Å². The topological polar surface area (TPSA) is 86.8 Å². The highest BCUT2D eigenvalue weighted by atomic mass is 32.2. The van der Waals surface area contributed by atoms with Crippen molar-refractivity contribution in [2.24, 2.45) is 0 Å². The van der Waals surface area contributed by atoms with Crippen LogP contribution in [0.2, 0.25) is 0 Å². The quantitative estimate of drug-likeness (QED) is 0.344. The highest BCUT2D eigenvalue weighted by Crippen LogP contribution is 2.25. The van der Waals surface area contributed by atoms with E-state index in [2.05, 4.69) is 5.32 Å². The lowest BCUT2D eigenvalue weighted by Crippen LogP contribution is -2.53. The smallest absolute Gasteiger partial charge is 0.264 e. The largest absolute Gasteiger partial charge is 0.352 e. The molecule has 0 bridgehead atoms. The van der Waals surface area contributed by atoms with Crippen LogP contribution < -0.4 is 9.62 Å². The van der Waals surface area contributed by atoms with Gasteiger partial charge in [0.2, 0.25) is 11.8 Å². The fraction of sp³-hybridized carbons (Fsp3) is 0.310. The van der Waals surface area contributed by atoms with Crippen LogP contribution in [-0.4, -0.2) is 43.8 Å². The minimum atomic E-state index is -4.24. The zero-order chi connectivity index (χ0) is 28.6. The van der Waals surface area contributed by atoms with Gasteiger partial charge in [0.25, 0.3) is 10.0 Å². The van der Waals surface area contributed by atoms with Gasteiger partial charge in [0, 0.05) is 12.6 Å². The van der Waals surface area contributed by atoms with E-state index < -0.39 is 40.2 Å². The lowest BCUT2D eigenvalue weighted by molar-refractivity contribution is -0.140. The van der Waals surface area contributed by atoms with Gasteiger partial charge < -0.3 is 10.2 Å². The van der Waals surface area contributed by atoms with Gasteiger partial charge in [-0.25, -0.2) is 17.2 Å². The third kappa shape index (κ3) is 7.63. The lowest BCUT2D eigenvalue weighted by atomic mass is 10.1. The Morgan fingerprint density at radius 1 is 0.846 bits per heavy atom. The number of benzene rings is 3. The van der Waals surface area contributed by atoms with Crippen molar-refractivity contribution in [3.8, 4) is 0 Å². The molecule has 3 aromatic rings. The minimum Gasteiger partial charge on any atom is -0.352 e. The Hall–Kier alpha value is -3.79. The number of rotatable bonds is 12. The average molecular weight is 558 g/mol. The standard InChI is InChI=1S/C29H33F2N3O4S/c1-4-21(3)32-29(36)27(5-2)33(19-22-11-13-23(30)14-12-22)28(35)20-34(25-17-15-24(31)16-18-25)39(37,38)26-9-7-6-8-10-26/h6-18,21,27H,4-5,19-20H2,1-3H3,(H,32,36)/t21-,27-/m0/s1. The average Bonchev–Trinajstić information content (AvgIpc) is 2.93. The van der Waals surface area contributed by atoms with Gasteiger partial charge in [-0.3, -0.25) is 13.9 Å². The van der Waals surface area contributed by atoms with Crippen molar-refractivity contribution >= 4 is 27.5 Å². The zero-order valence-corrected chi connectivity index (χ0v) is 23.0. The molecule has 3 aromatic carbocycles. The molecule has 1 N–H and O–H groups in total. The third-order valence-corrected chi connectivity index (χ3v) is 8.17. The molecule has 0 aromatic heterocycles. The Bertz CT molecular complexity index is 1350. The van der Waals surface area contributed by atoms with E-state index in [0.29, 0.717) is 12.0 Å². The summed E-state index contributed by atoms with van der Waals surface area (Å²) in [5, 5.41) is 2.89. The molecular formula is C29H33F2N3O4S. The number of carbonyl (C=O) groups is 2. The normalized spacial score (nSPS) is 12.8. The molecule has 0 aliphatic heterocycles. The molecule has 3 rings (SSSR count). The molecule has 0 fully saturated rings. The fourth-order valence-electron chi connectivity index (χ4n) is 4.00. The Morgan fingerprint density at radius 2 is 1.41 bits per heavy atom. The molecule has 39 heavy (non-hydrogen) atoms. The first-order valence-corrected chi connectivity index (χ1v) is 14.2. The van der Waals surface area contributed by atoms with Crippen LogP contribution in [0.3, 0.4) is 0 Å². The second-order valence-corrected chi connectivity index (χ2v) is 11.1. The number of hydrogen-bond donors (Lipinski definition) is 1. The molecule has 208 valence electrons. The summed E-state index contributed by atoms with van der Waals surface area (Å²) in [6.45, 7) is 4.83. The molecule has 0 aliphatic rings. The van der Waals surface area contributed by atoms with Gasteiger partial charge in [-0.2, -0.15) is 0 Å². The summed E-state index contributed by atoms with van der Waals surface area (Å²) in [5.41, 5.74) is 0.659. The lowest BCUT2D eigenvalue weighted by Gasteiger charge is -2.33. The number of amides is 2. The summed E-state index contributed by atoms with van der Waals surface area (Å²) in [7, 11) is -4.24. The number of halogens is 2. The first-order chi connectivity index (χ1) is 18.6. The first kappa shape index (κ1) is 29.8. The summed E-state index contributed by atoms with van der Waals surface area (Å²) in [4.78, 5) is 28.4. The fourth-order valence-corrected chi connectivity index (χ4v) is 5.44. The molecule has 10 heteroatoms. The van der Waals surface area contributed by atoms with Crippen LogP contribution in [0.15, 0.2) is 83.8 Å². The van der Waals surface area contributed by atoms with Gasteiger partial charge in [0.15, 0.2) is 0 Å². The molecule has 0 radical (unpaired) electrons. The van der Waals surface area contributed by atoms with Crippen LogP contribution >= 0.6 is 0 Å². The second kappa shape index (κ2) is 13.3. The third-order valence-electron chi connectivity index (χ3n) is 6.38. The van der Waals surface area contributed by atoms with E-state index in [1.165, 1.54) is 53.4 Å². The Balaban J connectivity index is 2.03. The number of nitrogens with zero attached hydrogens (tertiary/aromatic N) is 2. The molecule has 0 saturated carbocycles. The summed E-state index contributed by atoms with van der Waals surface area (Å²) < 4.78 is 55.5. The maximum absolute atomic E-state index is 13.9. The molecule has 0 spiro atoms. The number of sulfonamides is 1. The molecule has 0 unspecified atom stereocenters. The minimum absolute atomic E-state index is 0.0474. The van der Waals surface area contributed by atoms with Crippen molar-refractivity contribution in [3.63, 3.8) is 0 Å². The van der Waals surface area contributed by atoms with Crippen LogP contribution in [0.1, 0.15) is 39.2 Å². The van der Waals surface area contributed by atoms with E-state index >= 15 is 0 Å². The number of nitrogens with one attached hydrogen (secondary N) is 1. The maximum Gasteiger partial charge on any atom is 0.264 e. The van der Waals surface area contributed by atoms with Crippen molar-refractivity contribution in [1.82, 2.24) is 10.2 Å². The van der Waals surface area contributed by atoms with E-state index in [0.717, 1.165) is 16.4 Å². The molecule has 2 atom stereocenters. The van der Waals surface area contributed by atoms with E-state index in [1.807, 2.05) is 13.8 Å². The number of anilines is 1. The van der Waals surface area contributed by atoms with Crippen LogP contribution in [0.4, 0.5) is 14.5 Å². The maximum atomic E-state index is 13.9. The van der Waals surface area contributed by atoms with Gasteiger partial charge in [-0.05, 0) is 73.9 Å². The van der Waals surface area contributed by atoms with Crippen molar-refractivity contribution in [3.05, 3.63) is 96.1 Å². The molecule has 0 aliphatic carbocycles. The number of hydrogen-bond acceptors (Lipinski definition) is 4. The van der Waals surface area contributed by atoms with Crippen molar-refractivity contribution in [2.45, 2.75) is 57.1 Å². The van der Waals surface area contributed by atoms with Gasteiger partial charge in [-0.15, -0.1) is 0 Å². The van der Waals surface area contributed by atoms with Crippen LogP contribution in [0, 0.1) is 11.6 Å². The van der Waals surface area contributed by atoms with E-state index in [-0.39, 0.29) is 35.5 Å². The predicted octanol–water partition coefficient (Wildman–Crippen LogP) is 4.88. The first-order valence-electron chi connectivity index (χ1n) is 12.7. The second-order valence-electron chi connectivity index (χ2n) is 9.19. The molecule has 0 saturated heterocycles. The van der Waals surface area contributed by atoms with Crippen molar-refractivity contribution < 1.29 is 26.8 Å². The van der Waals surface area contributed by atoms with Gasteiger partial charge in [0.05, 0.1) is 10.6 Å². The molecule has 0 heterocycles. The highest BCUT2D eigenvalue weighted by molar-refractivity contribution is 7.92. The van der Waals surface area contributed by atoms with Crippen molar-refractivity contribution in [1.29, 1.82) is 0 Å². The molecular weight excluding hydrogens is 524 g/mol. The Labute approximate surface area is 228 Å².